The Morgan fingerprint density at radius 2 is 1.57 bits per heavy atom. The summed E-state index contributed by atoms with van der Waals surface area (Å²) in [5, 5.41) is 12.7. The number of halogens is 5. The summed E-state index contributed by atoms with van der Waals surface area (Å²) in [4.78, 5) is 62.4. The molecule has 2 heterocycles. The second-order valence-corrected chi connectivity index (χ2v) is 14.4. The van der Waals surface area contributed by atoms with Crippen LogP contribution >= 0.6 is 11.6 Å². The van der Waals surface area contributed by atoms with Crippen molar-refractivity contribution in [1.82, 2.24) is 9.99 Å². The molecule has 6 unspecified atom stereocenters. The first-order valence-electron chi connectivity index (χ1n) is 17.2. The van der Waals surface area contributed by atoms with Gasteiger partial charge < -0.3 is 5.11 Å². The summed E-state index contributed by atoms with van der Waals surface area (Å²) in [5.74, 6) is -9.82. The van der Waals surface area contributed by atoms with E-state index in [9.17, 15) is 32.7 Å². The second-order valence-electron chi connectivity index (χ2n) is 14.0. The molecule has 13 heteroatoms. The van der Waals surface area contributed by atoms with Crippen molar-refractivity contribution in [2.24, 2.45) is 23.7 Å². The molecule has 8 rings (SSSR count). The van der Waals surface area contributed by atoms with Gasteiger partial charge in [0.15, 0.2) is 29.0 Å². The van der Waals surface area contributed by atoms with Crippen LogP contribution in [0.5, 0.6) is 5.75 Å². The Morgan fingerprint density at radius 1 is 0.889 bits per heavy atom. The van der Waals surface area contributed by atoms with E-state index in [-0.39, 0.29) is 29.0 Å². The summed E-state index contributed by atoms with van der Waals surface area (Å²) < 4.78 is 56.3. The number of hydrogen-bond donors (Lipinski definition) is 1. The number of carbonyl (C=O) groups excluding carboxylic acids is 4. The van der Waals surface area contributed by atoms with Gasteiger partial charge in [-0.25, -0.2) is 9.37 Å². The molecule has 1 N–H and O–H groups in total. The summed E-state index contributed by atoms with van der Waals surface area (Å²) in [6, 6.07) is 22.8. The molecule has 3 aromatic carbocycles. The van der Waals surface area contributed by atoms with Crippen molar-refractivity contribution in [2.45, 2.75) is 30.4 Å². The third kappa shape index (κ3) is 5.14. The Kier molecular flexibility index (Phi) is 8.37. The molecule has 0 bridgehead atoms. The Labute approximate surface area is 311 Å². The molecule has 0 spiro atoms. The average Bonchev–Trinajstić information content (AvgIpc) is 3.42. The first kappa shape index (κ1) is 35.4. The number of nitrogens with zero attached hydrogens (tertiary/aromatic N) is 3. The van der Waals surface area contributed by atoms with Crippen molar-refractivity contribution >= 4 is 46.4 Å². The Balaban J connectivity index is 1.31. The monoisotopic (exact) mass is 755 g/mol. The zero-order chi connectivity index (χ0) is 38.3. The minimum absolute atomic E-state index is 0.0233. The van der Waals surface area contributed by atoms with E-state index in [1.807, 2.05) is 0 Å². The summed E-state index contributed by atoms with van der Waals surface area (Å²) in [6.45, 7) is 0. The highest BCUT2D eigenvalue weighted by Crippen LogP contribution is 2.64. The smallest absolute Gasteiger partial charge is 0.433 e. The van der Waals surface area contributed by atoms with Crippen LogP contribution in [0.2, 0.25) is 5.02 Å². The number of hydrogen-bond acceptors (Lipinski definition) is 7. The van der Waals surface area contributed by atoms with Gasteiger partial charge in [-0.15, -0.1) is 0 Å². The van der Waals surface area contributed by atoms with Crippen LogP contribution in [0.1, 0.15) is 41.1 Å². The van der Waals surface area contributed by atoms with Crippen LogP contribution in [-0.4, -0.2) is 45.5 Å². The number of phenolic OH excluding ortho intramolecular Hbond substituents is 1. The third-order valence-electron chi connectivity index (χ3n) is 11.4. The summed E-state index contributed by atoms with van der Waals surface area (Å²) in [6.07, 6.45) is -1.91. The van der Waals surface area contributed by atoms with E-state index < -0.39 is 87.6 Å². The van der Waals surface area contributed by atoms with Gasteiger partial charge in [-0.05, 0) is 54.2 Å². The van der Waals surface area contributed by atoms with Gasteiger partial charge in [-0.3, -0.25) is 24.2 Å². The molecule has 2 amide bonds. The molecule has 1 saturated heterocycles. The van der Waals surface area contributed by atoms with Gasteiger partial charge in [0.05, 0.1) is 22.3 Å². The molecule has 4 aliphatic rings. The van der Waals surface area contributed by atoms with Crippen LogP contribution in [0.4, 0.5) is 23.4 Å². The quantitative estimate of drug-likeness (QED) is 0.128. The molecule has 4 aromatic rings. The average molecular weight is 756 g/mol. The van der Waals surface area contributed by atoms with Gasteiger partial charge in [-0.2, -0.15) is 18.2 Å². The topological polar surface area (TPSA) is 108 Å². The fourth-order valence-electron chi connectivity index (χ4n) is 9.17. The predicted molar refractivity (Wildman–Crippen MR) is 189 cm³/mol. The lowest BCUT2D eigenvalue weighted by molar-refractivity contribution is -0.141. The van der Waals surface area contributed by atoms with Crippen LogP contribution in [0, 0.1) is 29.5 Å². The number of amides is 2. The second kappa shape index (κ2) is 12.8. The fraction of sp³-hybridized carbons (Fsp3) is 0.244. The molecule has 1 aliphatic heterocycles. The number of imide groups is 1. The van der Waals surface area contributed by atoms with Crippen LogP contribution in [0.25, 0.3) is 5.57 Å². The zero-order valence-electron chi connectivity index (χ0n) is 28.4. The van der Waals surface area contributed by atoms with Crippen molar-refractivity contribution in [1.29, 1.82) is 0 Å². The number of carbonyl (C=O) groups is 4. The van der Waals surface area contributed by atoms with E-state index in [4.69, 9.17) is 11.6 Å². The number of rotatable bonds is 5. The van der Waals surface area contributed by atoms with Gasteiger partial charge in [0.2, 0.25) is 0 Å². The van der Waals surface area contributed by atoms with E-state index in [1.165, 1.54) is 25.3 Å². The van der Waals surface area contributed by atoms with Crippen LogP contribution in [0.3, 0.4) is 0 Å². The highest BCUT2D eigenvalue weighted by molar-refractivity contribution is 6.33. The molecule has 54 heavy (non-hydrogen) atoms. The van der Waals surface area contributed by atoms with Crippen LogP contribution in [0.15, 0.2) is 109 Å². The maximum absolute atomic E-state index is 15.3. The Morgan fingerprint density at radius 3 is 2.26 bits per heavy atom. The van der Waals surface area contributed by atoms with Crippen molar-refractivity contribution in [3.8, 4) is 5.75 Å². The number of benzene rings is 3. The number of fused-ring (bicyclic) bond motifs is 4. The number of allylic oxidation sites excluding steroid dienone is 4. The minimum atomic E-state index is -4.84. The van der Waals surface area contributed by atoms with E-state index in [0.29, 0.717) is 22.8 Å². The van der Waals surface area contributed by atoms with Crippen molar-refractivity contribution in [2.75, 3.05) is 12.1 Å². The number of aromatic hydroxyl groups is 1. The van der Waals surface area contributed by atoms with Crippen LogP contribution in [-0.2, 0) is 30.8 Å². The molecule has 2 fully saturated rings. The normalized spacial score (nSPS) is 26.5. The number of phenols is 1. The zero-order valence-corrected chi connectivity index (χ0v) is 29.2. The SMILES string of the molecule is CN(c1nc(C(F)(F)F)ccc1Cl)N1C(=O)C2CC=C3C(CC4C(=O)C(c5ccccc5)=CC(=O)C4(c4ccccc4)C3c3cccc(F)c3O)C2C1=O. The Bertz CT molecular complexity index is 2310. The van der Waals surface area contributed by atoms with E-state index >= 15 is 9.18 Å². The lowest BCUT2D eigenvalue weighted by atomic mass is 9.44. The highest BCUT2D eigenvalue weighted by atomic mass is 35.5. The molecule has 3 aliphatic carbocycles. The van der Waals surface area contributed by atoms with E-state index in [0.717, 1.165) is 22.2 Å². The summed E-state index contributed by atoms with van der Waals surface area (Å²) >= 11 is 6.28. The summed E-state index contributed by atoms with van der Waals surface area (Å²) in [5.41, 5.74) is -1.38. The van der Waals surface area contributed by atoms with E-state index in [1.54, 1.807) is 66.7 Å². The molecular weight excluding hydrogens is 726 g/mol. The summed E-state index contributed by atoms with van der Waals surface area (Å²) in [7, 11) is 1.21. The maximum Gasteiger partial charge on any atom is 0.433 e. The lowest BCUT2D eigenvalue weighted by Crippen LogP contribution is -2.59. The minimum Gasteiger partial charge on any atom is -0.505 e. The van der Waals surface area contributed by atoms with Gasteiger partial charge in [0.25, 0.3) is 11.8 Å². The van der Waals surface area contributed by atoms with Crippen molar-refractivity contribution in [3.63, 3.8) is 0 Å². The number of ketones is 2. The van der Waals surface area contributed by atoms with Crippen LogP contribution < -0.4 is 5.01 Å². The molecule has 6 atom stereocenters. The van der Waals surface area contributed by atoms with Gasteiger partial charge in [-0.1, -0.05) is 96.0 Å². The number of pyridine rings is 1. The lowest BCUT2D eigenvalue weighted by Gasteiger charge is -2.55. The maximum atomic E-state index is 15.3. The number of hydrazine groups is 1. The number of anilines is 1. The number of alkyl halides is 3. The molecule has 8 nitrogen and oxygen atoms in total. The predicted octanol–water partition coefficient (Wildman–Crippen LogP) is 7.47. The molecule has 1 saturated carbocycles. The Hall–Kier alpha value is -5.62. The first-order chi connectivity index (χ1) is 25.8. The van der Waals surface area contributed by atoms with E-state index in [2.05, 4.69) is 4.98 Å². The largest absolute Gasteiger partial charge is 0.505 e. The van der Waals surface area contributed by atoms with Crippen molar-refractivity contribution in [3.05, 3.63) is 142 Å². The first-order valence-corrected chi connectivity index (χ1v) is 17.6. The highest BCUT2D eigenvalue weighted by Gasteiger charge is 2.66. The number of para-hydroxylation sites is 1. The van der Waals surface area contributed by atoms with Gasteiger partial charge in [0.1, 0.15) is 5.69 Å². The molecular formula is C41H30ClF4N3O5. The molecule has 1 aromatic heterocycles. The molecule has 0 radical (unpaired) electrons. The van der Waals surface area contributed by atoms with Crippen molar-refractivity contribution < 1.29 is 41.8 Å². The number of aromatic nitrogens is 1. The third-order valence-corrected chi connectivity index (χ3v) is 11.7. The standard InChI is InChI=1S/C41H30ClF4N3O5/c1-48(37-29(42)17-18-31(47-37)41(44,45)46)49-38(53)24-16-15-23-27(33(24)39(49)54)19-28-35(51)26(21-9-4-2-5-10-21)20-32(50)40(28,22-11-6-3-7-12-22)34(23)25-13-8-14-30(43)36(25)52/h2-15,17-18,20,24,27-28,33-34,52H,16,19H2,1H3. The van der Waals surface area contributed by atoms with Gasteiger partial charge >= 0.3 is 6.18 Å². The fourth-order valence-corrected chi connectivity index (χ4v) is 9.40. The molecule has 274 valence electrons. The number of Topliss-reactive ketones (excluding diaryl/α,β-unsaturated/α-hetero) is 1. The van der Waals surface area contributed by atoms with Gasteiger partial charge in [0, 0.05) is 30.0 Å².